The molecule has 81 valence electrons. The number of hydrogen-bond acceptors (Lipinski definition) is 4. The first-order valence-electron chi connectivity index (χ1n) is 4.77. The predicted molar refractivity (Wildman–Crippen MR) is 45.7 cm³/mol. The van der Waals surface area contributed by atoms with Gasteiger partial charge in [-0.3, -0.25) is 0 Å². The van der Waals surface area contributed by atoms with Crippen molar-refractivity contribution in [1.82, 2.24) is 0 Å². The van der Waals surface area contributed by atoms with Crippen molar-refractivity contribution in [2.75, 3.05) is 33.0 Å². The van der Waals surface area contributed by atoms with Crippen LogP contribution in [0.25, 0.3) is 0 Å². The van der Waals surface area contributed by atoms with E-state index in [2.05, 4.69) is 0 Å². The quantitative estimate of drug-likeness (QED) is 0.595. The number of ether oxygens (including phenoxy) is 4. The zero-order valence-electron chi connectivity index (χ0n) is 8.35. The predicted octanol–water partition coefficient (Wildman–Crippen LogP) is 0.203. The molecule has 0 spiro atoms. The van der Waals surface area contributed by atoms with Crippen LogP contribution in [0.1, 0.15) is 6.92 Å². The van der Waals surface area contributed by atoms with Crippen LogP contribution in [0.4, 0.5) is 0 Å². The summed E-state index contributed by atoms with van der Waals surface area (Å²) in [7, 11) is 0. The van der Waals surface area contributed by atoms with Crippen molar-refractivity contribution < 1.29 is 37.5 Å². The maximum absolute atomic E-state index is 5.48. The summed E-state index contributed by atoms with van der Waals surface area (Å²) in [4.78, 5) is 0. The van der Waals surface area contributed by atoms with Gasteiger partial charge in [0.2, 0.25) is 0 Å². The van der Waals surface area contributed by atoms with E-state index in [0.717, 1.165) is 13.2 Å². The molecule has 5 heteroatoms. The first-order chi connectivity index (χ1) is 6.34. The zero-order valence-corrected chi connectivity index (χ0v) is 9.74. The van der Waals surface area contributed by atoms with Crippen LogP contribution in [-0.4, -0.2) is 51.3 Å². The van der Waals surface area contributed by atoms with Gasteiger partial charge in [0.15, 0.2) is 0 Å². The summed E-state index contributed by atoms with van der Waals surface area (Å²) in [6.45, 7) is 5.76. The van der Waals surface area contributed by atoms with Crippen LogP contribution < -0.4 is 0 Å². The van der Waals surface area contributed by atoms with E-state index in [4.69, 9.17) is 18.9 Å². The Morgan fingerprint density at radius 2 is 1.79 bits per heavy atom. The van der Waals surface area contributed by atoms with Crippen LogP contribution in [0, 0.1) is 0 Å². The van der Waals surface area contributed by atoms with Gasteiger partial charge in [0.1, 0.15) is 12.2 Å². The maximum Gasteiger partial charge on any atom is 0.104 e. The molecule has 0 amide bonds. The SMILES string of the molecule is CC(COCC1CO1)OCC1CO1.[V]. The molecule has 2 aliphatic rings. The fourth-order valence-corrected chi connectivity index (χ4v) is 1.01. The van der Waals surface area contributed by atoms with Gasteiger partial charge in [-0.05, 0) is 6.92 Å². The van der Waals surface area contributed by atoms with Crippen molar-refractivity contribution in [3.63, 3.8) is 0 Å². The van der Waals surface area contributed by atoms with E-state index in [1.807, 2.05) is 6.92 Å². The fraction of sp³-hybridized carbons (Fsp3) is 1.00. The van der Waals surface area contributed by atoms with Crippen molar-refractivity contribution in [1.29, 1.82) is 0 Å². The minimum Gasteiger partial charge on any atom is -0.376 e. The summed E-state index contributed by atoms with van der Waals surface area (Å²) in [6.07, 6.45) is 0.844. The Morgan fingerprint density at radius 1 is 1.21 bits per heavy atom. The smallest absolute Gasteiger partial charge is 0.104 e. The van der Waals surface area contributed by atoms with Crippen LogP contribution in [-0.2, 0) is 37.5 Å². The molecule has 14 heavy (non-hydrogen) atoms. The number of rotatable bonds is 7. The van der Waals surface area contributed by atoms with Gasteiger partial charge in [0.05, 0.1) is 39.1 Å². The molecular weight excluding hydrogens is 223 g/mol. The first kappa shape index (κ1) is 12.5. The Hall–Kier alpha value is 0.424. The van der Waals surface area contributed by atoms with Gasteiger partial charge >= 0.3 is 0 Å². The van der Waals surface area contributed by atoms with E-state index in [1.165, 1.54) is 0 Å². The molecule has 0 N–H and O–H groups in total. The summed E-state index contributed by atoms with van der Waals surface area (Å²) < 4.78 is 20.9. The molecule has 0 saturated carbocycles. The molecule has 4 nitrogen and oxygen atoms in total. The molecular formula is C9H16O4V. The Balaban J connectivity index is 0.000000980. The minimum absolute atomic E-state index is 0. The van der Waals surface area contributed by atoms with E-state index in [0.29, 0.717) is 32.0 Å². The average Bonchev–Trinajstić information content (AvgIpc) is 2.97. The molecule has 2 heterocycles. The molecule has 1 radical (unpaired) electrons. The molecule has 0 aromatic heterocycles. The Labute approximate surface area is 96.1 Å². The third-order valence-electron chi connectivity index (χ3n) is 2.03. The van der Waals surface area contributed by atoms with Gasteiger partial charge in [0.25, 0.3) is 0 Å². The molecule has 2 rings (SSSR count). The largest absolute Gasteiger partial charge is 0.376 e. The van der Waals surface area contributed by atoms with Gasteiger partial charge < -0.3 is 18.9 Å². The molecule has 2 aliphatic heterocycles. The average molecular weight is 239 g/mol. The molecule has 2 saturated heterocycles. The molecule has 0 aromatic rings. The van der Waals surface area contributed by atoms with Crippen molar-refractivity contribution >= 4 is 0 Å². The fourth-order valence-electron chi connectivity index (χ4n) is 1.01. The second kappa shape index (κ2) is 6.10. The summed E-state index contributed by atoms with van der Waals surface area (Å²) in [6, 6.07) is 0. The van der Waals surface area contributed by atoms with Gasteiger partial charge in [-0.2, -0.15) is 0 Å². The van der Waals surface area contributed by atoms with Gasteiger partial charge in [-0.15, -0.1) is 0 Å². The second-order valence-corrected chi connectivity index (χ2v) is 3.59. The molecule has 3 unspecified atom stereocenters. The first-order valence-corrected chi connectivity index (χ1v) is 4.77. The van der Waals surface area contributed by atoms with Crippen LogP contribution in [0.5, 0.6) is 0 Å². The van der Waals surface area contributed by atoms with Crippen LogP contribution in [0.2, 0.25) is 0 Å². The minimum atomic E-state index is 0. The van der Waals surface area contributed by atoms with E-state index >= 15 is 0 Å². The molecule has 0 aliphatic carbocycles. The van der Waals surface area contributed by atoms with Crippen molar-refractivity contribution in [3.8, 4) is 0 Å². The second-order valence-electron chi connectivity index (χ2n) is 3.59. The zero-order chi connectivity index (χ0) is 9.10. The van der Waals surface area contributed by atoms with Crippen molar-refractivity contribution in [3.05, 3.63) is 0 Å². The Morgan fingerprint density at radius 3 is 2.36 bits per heavy atom. The van der Waals surface area contributed by atoms with Crippen LogP contribution in [0.3, 0.4) is 0 Å². The summed E-state index contributed by atoms with van der Waals surface area (Å²) >= 11 is 0. The third kappa shape index (κ3) is 5.34. The topological polar surface area (TPSA) is 43.5 Å². The molecule has 0 aromatic carbocycles. The van der Waals surface area contributed by atoms with Crippen molar-refractivity contribution in [2.24, 2.45) is 0 Å². The summed E-state index contributed by atoms with van der Waals surface area (Å²) in [5.74, 6) is 0. The van der Waals surface area contributed by atoms with Crippen LogP contribution >= 0.6 is 0 Å². The molecule has 2 fully saturated rings. The van der Waals surface area contributed by atoms with Crippen LogP contribution in [0.15, 0.2) is 0 Å². The van der Waals surface area contributed by atoms with E-state index in [1.54, 1.807) is 0 Å². The Kier molecular flexibility index (Phi) is 5.45. The van der Waals surface area contributed by atoms with Gasteiger partial charge in [-0.25, -0.2) is 0 Å². The molecule has 3 atom stereocenters. The van der Waals surface area contributed by atoms with Gasteiger partial charge in [-0.1, -0.05) is 0 Å². The van der Waals surface area contributed by atoms with Crippen molar-refractivity contribution in [2.45, 2.75) is 25.2 Å². The summed E-state index contributed by atoms with van der Waals surface area (Å²) in [5, 5.41) is 0. The number of epoxide rings is 2. The van der Waals surface area contributed by atoms with E-state index in [9.17, 15) is 0 Å². The van der Waals surface area contributed by atoms with E-state index in [-0.39, 0.29) is 24.7 Å². The Bertz CT molecular complexity index is 159. The number of hydrogen-bond donors (Lipinski definition) is 0. The maximum atomic E-state index is 5.48. The summed E-state index contributed by atoms with van der Waals surface area (Å²) in [5.41, 5.74) is 0. The third-order valence-corrected chi connectivity index (χ3v) is 2.03. The van der Waals surface area contributed by atoms with Gasteiger partial charge in [0, 0.05) is 18.6 Å². The monoisotopic (exact) mass is 239 g/mol. The standard InChI is InChI=1S/C9H16O4.V/c1-7(11-4-9-6-13-9)2-10-3-8-5-12-8;/h7-9H,2-6H2,1H3;. The normalized spacial score (nSPS) is 30.6. The molecule has 0 bridgehead atoms. The van der Waals surface area contributed by atoms with E-state index < -0.39 is 0 Å².